The topological polar surface area (TPSA) is 57.6 Å². The maximum absolute atomic E-state index is 13.0. The number of benzene rings is 2. The van der Waals surface area contributed by atoms with Crippen molar-refractivity contribution in [1.29, 1.82) is 0 Å². The molecule has 1 aliphatic heterocycles. The minimum atomic E-state index is -0.718. The molecule has 5 heteroatoms. The minimum Gasteiger partial charge on any atom is -0.503 e. The van der Waals surface area contributed by atoms with Crippen LogP contribution >= 0.6 is 15.9 Å². The Morgan fingerprint density at radius 2 is 1.73 bits per heavy atom. The summed E-state index contributed by atoms with van der Waals surface area (Å²) in [4.78, 5) is 27.4. The van der Waals surface area contributed by atoms with E-state index >= 15 is 0 Å². The fourth-order valence-corrected chi connectivity index (χ4v) is 3.47. The molecule has 1 aliphatic rings. The monoisotopic (exact) mass is 413 g/mol. The van der Waals surface area contributed by atoms with E-state index in [9.17, 15) is 14.7 Å². The molecule has 0 bridgehead atoms. The number of nitrogens with zero attached hydrogens (tertiary/aromatic N) is 1. The second-order valence-electron chi connectivity index (χ2n) is 7.31. The molecule has 134 valence electrons. The second kappa shape index (κ2) is 6.72. The Labute approximate surface area is 161 Å². The summed E-state index contributed by atoms with van der Waals surface area (Å²) < 4.78 is 0.810. The van der Waals surface area contributed by atoms with Gasteiger partial charge in [-0.3, -0.25) is 14.5 Å². The van der Waals surface area contributed by atoms with Crippen molar-refractivity contribution < 1.29 is 14.7 Å². The number of hydrogen-bond acceptors (Lipinski definition) is 3. The van der Waals surface area contributed by atoms with Gasteiger partial charge in [-0.2, -0.15) is 0 Å². The SMILES string of the molecule is CC(C)(C)C(=O)C1=C(O)C(=O)N(c2cccc(Br)c2)C1c1ccccc1. The number of anilines is 1. The highest BCUT2D eigenvalue weighted by atomic mass is 79.9. The van der Waals surface area contributed by atoms with E-state index in [2.05, 4.69) is 15.9 Å². The van der Waals surface area contributed by atoms with Gasteiger partial charge in [0.15, 0.2) is 11.5 Å². The summed E-state index contributed by atoms with van der Waals surface area (Å²) in [6, 6.07) is 15.9. The van der Waals surface area contributed by atoms with E-state index in [-0.39, 0.29) is 11.4 Å². The summed E-state index contributed by atoms with van der Waals surface area (Å²) in [7, 11) is 0. The summed E-state index contributed by atoms with van der Waals surface area (Å²) in [5.41, 5.74) is 0.817. The number of hydrogen-bond donors (Lipinski definition) is 1. The zero-order chi connectivity index (χ0) is 19.1. The van der Waals surface area contributed by atoms with Gasteiger partial charge in [0, 0.05) is 15.6 Å². The Bertz CT molecular complexity index is 897. The zero-order valence-electron chi connectivity index (χ0n) is 14.9. The second-order valence-corrected chi connectivity index (χ2v) is 8.23. The number of amides is 1. The third-order valence-electron chi connectivity index (χ3n) is 4.34. The molecule has 4 nitrogen and oxygen atoms in total. The smallest absolute Gasteiger partial charge is 0.294 e. The number of halogens is 1. The molecule has 1 atom stereocenters. The number of aliphatic hydroxyl groups excluding tert-OH is 1. The molecular weight excluding hydrogens is 394 g/mol. The summed E-state index contributed by atoms with van der Waals surface area (Å²) in [5.74, 6) is -1.28. The molecule has 0 saturated carbocycles. The van der Waals surface area contributed by atoms with Gasteiger partial charge in [-0.1, -0.05) is 73.1 Å². The molecule has 1 unspecified atom stereocenters. The third-order valence-corrected chi connectivity index (χ3v) is 4.83. The van der Waals surface area contributed by atoms with E-state index in [0.717, 1.165) is 10.0 Å². The van der Waals surface area contributed by atoms with Crippen molar-refractivity contribution in [3.8, 4) is 0 Å². The number of ketones is 1. The van der Waals surface area contributed by atoms with Crippen LogP contribution in [0, 0.1) is 5.41 Å². The molecule has 0 aromatic heterocycles. The third kappa shape index (κ3) is 3.19. The predicted molar refractivity (Wildman–Crippen MR) is 105 cm³/mol. The highest BCUT2D eigenvalue weighted by Crippen LogP contribution is 2.43. The lowest BCUT2D eigenvalue weighted by Gasteiger charge is -2.29. The van der Waals surface area contributed by atoms with Gasteiger partial charge >= 0.3 is 0 Å². The van der Waals surface area contributed by atoms with Gasteiger partial charge in [0.05, 0.1) is 11.6 Å². The number of rotatable bonds is 3. The van der Waals surface area contributed by atoms with Crippen molar-refractivity contribution in [3.05, 3.63) is 76.0 Å². The van der Waals surface area contributed by atoms with Gasteiger partial charge in [-0.05, 0) is 23.8 Å². The molecule has 1 amide bonds. The fourth-order valence-electron chi connectivity index (χ4n) is 3.08. The lowest BCUT2D eigenvalue weighted by molar-refractivity contribution is -0.123. The lowest BCUT2D eigenvalue weighted by Crippen LogP contribution is -2.32. The standard InChI is InChI=1S/C21H20BrNO3/c1-21(2,3)19(25)16-17(13-8-5-4-6-9-13)23(20(26)18(16)24)15-11-7-10-14(22)12-15/h4-12,17,24H,1-3H3. The minimum absolute atomic E-state index is 0.147. The maximum atomic E-state index is 13.0. The molecule has 0 saturated heterocycles. The average molecular weight is 414 g/mol. The van der Waals surface area contributed by atoms with Crippen molar-refractivity contribution in [2.75, 3.05) is 4.90 Å². The van der Waals surface area contributed by atoms with Crippen LogP contribution in [0.1, 0.15) is 32.4 Å². The number of carbonyl (C=O) groups excluding carboxylic acids is 2. The number of Topliss-reactive ketones (excluding diaryl/α,β-unsaturated/α-hetero) is 1. The van der Waals surface area contributed by atoms with E-state index in [4.69, 9.17) is 0 Å². The van der Waals surface area contributed by atoms with Crippen molar-refractivity contribution in [2.45, 2.75) is 26.8 Å². The zero-order valence-corrected chi connectivity index (χ0v) is 16.4. The van der Waals surface area contributed by atoms with Gasteiger partial charge in [-0.25, -0.2) is 0 Å². The molecule has 1 N–H and O–H groups in total. The Morgan fingerprint density at radius 1 is 1.08 bits per heavy atom. The van der Waals surface area contributed by atoms with E-state index in [1.165, 1.54) is 4.90 Å². The summed E-state index contributed by atoms with van der Waals surface area (Å²) >= 11 is 3.42. The van der Waals surface area contributed by atoms with Crippen LogP contribution in [0.4, 0.5) is 5.69 Å². The average Bonchev–Trinajstić information content (AvgIpc) is 2.85. The Hall–Kier alpha value is -2.40. The predicted octanol–water partition coefficient (Wildman–Crippen LogP) is 4.96. The van der Waals surface area contributed by atoms with E-state index in [0.29, 0.717) is 5.69 Å². The largest absolute Gasteiger partial charge is 0.503 e. The first-order chi connectivity index (χ1) is 12.2. The van der Waals surface area contributed by atoms with Crippen LogP contribution in [0.2, 0.25) is 0 Å². The van der Waals surface area contributed by atoms with Crippen LogP contribution in [0.15, 0.2) is 70.4 Å². The number of carbonyl (C=O) groups is 2. The summed E-state index contributed by atoms with van der Waals surface area (Å²) in [6.45, 7) is 5.34. The quantitative estimate of drug-likeness (QED) is 0.772. The normalized spacial score (nSPS) is 17.8. The van der Waals surface area contributed by atoms with E-state index < -0.39 is 23.1 Å². The molecule has 2 aromatic rings. The van der Waals surface area contributed by atoms with Crippen LogP contribution in [-0.4, -0.2) is 16.8 Å². The van der Waals surface area contributed by atoms with Gasteiger partial charge in [-0.15, -0.1) is 0 Å². The molecule has 0 fully saturated rings. The first-order valence-electron chi connectivity index (χ1n) is 8.34. The van der Waals surface area contributed by atoms with Crippen molar-refractivity contribution in [1.82, 2.24) is 0 Å². The van der Waals surface area contributed by atoms with Crippen LogP contribution in [0.25, 0.3) is 0 Å². The van der Waals surface area contributed by atoms with Crippen molar-refractivity contribution in [3.63, 3.8) is 0 Å². The molecule has 0 radical (unpaired) electrons. The van der Waals surface area contributed by atoms with Gasteiger partial charge in [0.1, 0.15) is 0 Å². The first kappa shape index (κ1) is 18.4. The molecule has 1 heterocycles. The molecular formula is C21H20BrNO3. The van der Waals surface area contributed by atoms with Crippen molar-refractivity contribution >= 4 is 33.3 Å². The lowest BCUT2D eigenvalue weighted by atomic mass is 9.82. The highest BCUT2D eigenvalue weighted by molar-refractivity contribution is 9.10. The maximum Gasteiger partial charge on any atom is 0.294 e. The summed E-state index contributed by atoms with van der Waals surface area (Å²) in [5, 5.41) is 10.6. The van der Waals surface area contributed by atoms with Crippen LogP contribution in [0.5, 0.6) is 0 Å². The Balaban J connectivity index is 2.21. The number of aliphatic hydroxyl groups is 1. The van der Waals surface area contributed by atoms with E-state index in [1.54, 1.807) is 32.9 Å². The molecule has 3 rings (SSSR count). The van der Waals surface area contributed by atoms with Gasteiger partial charge < -0.3 is 5.11 Å². The fraction of sp³-hybridized carbons (Fsp3) is 0.238. The van der Waals surface area contributed by atoms with Crippen LogP contribution < -0.4 is 4.90 Å². The van der Waals surface area contributed by atoms with Crippen LogP contribution in [0.3, 0.4) is 0 Å². The van der Waals surface area contributed by atoms with Crippen LogP contribution in [-0.2, 0) is 9.59 Å². The highest BCUT2D eigenvalue weighted by Gasteiger charge is 2.46. The summed E-state index contributed by atoms with van der Waals surface area (Å²) in [6.07, 6.45) is 0. The molecule has 0 aliphatic carbocycles. The van der Waals surface area contributed by atoms with Gasteiger partial charge in [0.2, 0.25) is 0 Å². The molecule has 2 aromatic carbocycles. The Kier molecular flexibility index (Phi) is 4.76. The molecule has 0 spiro atoms. The Morgan fingerprint density at radius 3 is 2.31 bits per heavy atom. The first-order valence-corrected chi connectivity index (χ1v) is 9.13. The van der Waals surface area contributed by atoms with Gasteiger partial charge in [0.25, 0.3) is 5.91 Å². The van der Waals surface area contributed by atoms with Crippen molar-refractivity contribution in [2.24, 2.45) is 5.41 Å². The molecule has 26 heavy (non-hydrogen) atoms. The van der Waals surface area contributed by atoms with E-state index in [1.807, 2.05) is 42.5 Å².